The van der Waals surface area contributed by atoms with Crippen LogP contribution in [0.15, 0.2) is 0 Å². The van der Waals surface area contributed by atoms with Crippen LogP contribution in [0.5, 0.6) is 0 Å². The first-order valence-electron chi connectivity index (χ1n) is 5.74. The van der Waals surface area contributed by atoms with Crippen LogP contribution in [0, 0.1) is 0 Å². The molecule has 0 spiro atoms. The average molecular weight is 214 g/mol. The van der Waals surface area contributed by atoms with Crippen molar-refractivity contribution in [1.82, 2.24) is 4.90 Å². The second-order valence-corrected chi connectivity index (χ2v) is 4.38. The fourth-order valence-corrected chi connectivity index (χ4v) is 1.82. The van der Waals surface area contributed by atoms with Crippen LogP contribution in [-0.4, -0.2) is 42.6 Å². The highest BCUT2D eigenvalue weighted by molar-refractivity contribution is 5.76. The van der Waals surface area contributed by atoms with Gasteiger partial charge in [-0.25, -0.2) is 0 Å². The predicted octanol–water partition coefficient (Wildman–Crippen LogP) is 0.751. The van der Waals surface area contributed by atoms with Crippen LogP contribution < -0.4 is 5.73 Å². The number of ether oxygens (including phenoxy) is 1. The fourth-order valence-electron chi connectivity index (χ4n) is 1.82. The molecule has 0 aliphatic carbocycles. The fraction of sp³-hybridized carbons (Fsp3) is 0.909. The standard InChI is InChI=1S/C11H22N2O2/c1-9(12)4-3-5-11(14)13-6-7-15-8-10(13)2/h9-10H,3-8,12H2,1-2H3. The Balaban J connectivity index is 2.26. The molecular weight excluding hydrogens is 192 g/mol. The molecule has 88 valence electrons. The Morgan fingerprint density at radius 1 is 1.67 bits per heavy atom. The quantitative estimate of drug-likeness (QED) is 0.751. The van der Waals surface area contributed by atoms with Crippen LogP contribution in [0.1, 0.15) is 33.1 Å². The van der Waals surface area contributed by atoms with Crippen molar-refractivity contribution in [3.63, 3.8) is 0 Å². The van der Waals surface area contributed by atoms with Crippen LogP contribution in [0.3, 0.4) is 0 Å². The Kier molecular flexibility index (Phi) is 5.05. The van der Waals surface area contributed by atoms with Gasteiger partial charge in [-0.1, -0.05) is 0 Å². The van der Waals surface area contributed by atoms with E-state index in [2.05, 4.69) is 0 Å². The molecule has 1 heterocycles. The Bertz CT molecular complexity index is 207. The van der Waals surface area contributed by atoms with Crippen LogP contribution >= 0.6 is 0 Å². The zero-order valence-electron chi connectivity index (χ0n) is 9.74. The summed E-state index contributed by atoms with van der Waals surface area (Å²) in [6.07, 6.45) is 2.43. The monoisotopic (exact) mass is 214 g/mol. The first kappa shape index (κ1) is 12.5. The van der Waals surface area contributed by atoms with Crippen LogP contribution in [-0.2, 0) is 9.53 Å². The topological polar surface area (TPSA) is 55.6 Å². The summed E-state index contributed by atoms with van der Waals surface area (Å²) in [5.41, 5.74) is 5.64. The predicted molar refractivity (Wildman–Crippen MR) is 59.5 cm³/mol. The largest absolute Gasteiger partial charge is 0.377 e. The number of nitrogens with two attached hydrogens (primary N) is 1. The van der Waals surface area contributed by atoms with Crippen LogP contribution in [0.25, 0.3) is 0 Å². The first-order valence-corrected chi connectivity index (χ1v) is 5.74. The molecule has 2 N–H and O–H groups in total. The summed E-state index contributed by atoms with van der Waals surface area (Å²) in [6, 6.07) is 0.418. The van der Waals surface area contributed by atoms with Gasteiger partial charge in [-0.15, -0.1) is 0 Å². The second-order valence-electron chi connectivity index (χ2n) is 4.38. The van der Waals surface area contributed by atoms with E-state index in [1.54, 1.807) is 0 Å². The molecular formula is C11H22N2O2. The molecule has 1 aliphatic rings. The second kappa shape index (κ2) is 6.08. The third kappa shape index (κ3) is 4.18. The minimum absolute atomic E-state index is 0.194. The molecule has 2 atom stereocenters. The molecule has 0 radical (unpaired) electrons. The van der Waals surface area contributed by atoms with E-state index in [9.17, 15) is 4.79 Å². The number of amides is 1. The van der Waals surface area contributed by atoms with Crippen molar-refractivity contribution in [3.05, 3.63) is 0 Å². The van der Waals surface area contributed by atoms with Crippen molar-refractivity contribution in [2.75, 3.05) is 19.8 Å². The zero-order valence-corrected chi connectivity index (χ0v) is 9.74. The highest BCUT2D eigenvalue weighted by Gasteiger charge is 2.22. The van der Waals surface area contributed by atoms with E-state index < -0.39 is 0 Å². The molecule has 4 nitrogen and oxygen atoms in total. The molecule has 0 aromatic heterocycles. The lowest BCUT2D eigenvalue weighted by Gasteiger charge is -2.33. The number of hydrogen-bond acceptors (Lipinski definition) is 3. The van der Waals surface area contributed by atoms with E-state index in [0.29, 0.717) is 19.6 Å². The highest BCUT2D eigenvalue weighted by Crippen LogP contribution is 2.10. The molecule has 1 saturated heterocycles. The van der Waals surface area contributed by atoms with Crippen molar-refractivity contribution in [2.45, 2.75) is 45.2 Å². The summed E-state index contributed by atoms with van der Waals surface area (Å²) >= 11 is 0. The highest BCUT2D eigenvalue weighted by atomic mass is 16.5. The van der Waals surface area contributed by atoms with Gasteiger partial charge in [0.15, 0.2) is 0 Å². The van der Waals surface area contributed by atoms with E-state index >= 15 is 0 Å². The first-order chi connectivity index (χ1) is 7.11. The molecule has 15 heavy (non-hydrogen) atoms. The minimum Gasteiger partial charge on any atom is -0.377 e. The van der Waals surface area contributed by atoms with Crippen LogP contribution in [0.2, 0.25) is 0 Å². The summed E-state index contributed by atoms with van der Waals surface area (Å²) in [5.74, 6) is 0.242. The van der Waals surface area contributed by atoms with E-state index in [-0.39, 0.29) is 18.0 Å². The number of morpholine rings is 1. The molecule has 1 amide bonds. The summed E-state index contributed by atoms with van der Waals surface area (Å²) in [4.78, 5) is 13.7. The molecule has 0 aromatic rings. The summed E-state index contributed by atoms with van der Waals surface area (Å²) in [7, 11) is 0. The molecule has 0 aromatic carbocycles. The third-order valence-corrected chi connectivity index (χ3v) is 2.74. The van der Waals surface area contributed by atoms with Gasteiger partial charge in [-0.05, 0) is 26.7 Å². The summed E-state index contributed by atoms with van der Waals surface area (Å²) in [6.45, 7) is 6.07. The number of rotatable bonds is 4. The Morgan fingerprint density at radius 2 is 2.40 bits per heavy atom. The van der Waals surface area contributed by atoms with Gasteiger partial charge in [0.05, 0.1) is 19.3 Å². The molecule has 1 fully saturated rings. The van der Waals surface area contributed by atoms with Gasteiger partial charge in [0.25, 0.3) is 0 Å². The third-order valence-electron chi connectivity index (χ3n) is 2.74. The molecule has 2 unspecified atom stereocenters. The average Bonchev–Trinajstić information content (AvgIpc) is 2.17. The Labute approximate surface area is 91.8 Å². The zero-order chi connectivity index (χ0) is 11.3. The van der Waals surface area contributed by atoms with Gasteiger partial charge in [0.2, 0.25) is 5.91 Å². The molecule has 1 rings (SSSR count). The maximum Gasteiger partial charge on any atom is 0.222 e. The van der Waals surface area contributed by atoms with E-state index in [1.807, 2.05) is 18.7 Å². The van der Waals surface area contributed by atoms with Gasteiger partial charge in [-0.3, -0.25) is 4.79 Å². The smallest absolute Gasteiger partial charge is 0.222 e. The lowest BCUT2D eigenvalue weighted by Crippen LogP contribution is -2.47. The van der Waals surface area contributed by atoms with Crippen molar-refractivity contribution >= 4 is 5.91 Å². The van der Waals surface area contributed by atoms with E-state index in [4.69, 9.17) is 10.5 Å². The lowest BCUT2D eigenvalue weighted by molar-refractivity contribution is -0.139. The van der Waals surface area contributed by atoms with Crippen molar-refractivity contribution in [1.29, 1.82) is 0 Å². The number of carbonyl (C=O) groups is 1. The lowest BCUT2D eigenvalue weighted by atomic mass is 10.1. The van der Waals surface area contributed by atoms with Gasteiger partial charge < -0.3 is 15.4 Å². The van der Waals surface area contributed by atoms with Gasteiger partial charge in [0, 0.05) is 19.0 Å². The summed E-state index contributed by atoms with van der Waals surface area (Å²) < 4.78 is 5.29. The van der Waals surface area contributed by atoms with Gasteiger partial charge in [-0.2, -0.15) is 0 Å². The number of carbonyl (C=O) groups excluding carboxylic acids is 1. The minimum atomic E-state index is 0.194. The van der Waals surface area contributed by atoms with E-state index in [0.717, 1.165) is 19.4 Å². The number of hydrogen-bond donors (Lipinski definition) is 1. The molecule has 0 bridgehead atoms. The molecule has 4 heteroatoms. The normalized spacial score (nSPS) is 23.9. The molecule has 0 saturated carbocycles. The summed E-state index contributed by atoms with van der Waals surface area (Å²) in [5, 5.41) is 0. The van der Waals surface area contributed by atoms with Gasteiger partial charge >= 0.3 is 0 Å². The van der Waals surface area contributed by atoms with Crippen molar-refractivity contribution in [3.8, 4) is 0 Å². The van der Waals surface area contributed by atoms with Gasteiger partial charge in [0.1, 0.15) is 0 Å². The SMILES string of the molecule is CC(N)CCCC(=O)N1CCOCC1C. The molecule has 1 aliphatic heterocycles. The maximum atomic E-state index is 11.8. The van der Waals surface area contributed by atoms with Crippen molar-refractivity contribution < 1.29 is 9.53 Å². The Hall–Kier alpha value is -0.610. The van der Waals surface area contributed by atoms with E-state index in [1.165, 1.54) is 0 Å². The number of nitrogens with zero attached hydrogens (tertiary/aromatic N) is 1. The maximum absolute atomic E-state index is 11.8. The van der Waals surface area contributed by atoms with Crippen molar-refractivity contribution in [2.24, 2.45) is 5.73 Å². The van der Waals surface area contributed by atoms with Crippen LogP contribution in [0.4, 0.5) is 0 Å². The Morgan fingerprint density at radius 3 is 3.00 bits per heavy atom.